The number of amides is 1. The largest absolute Gasteiger partial charge is 0.481 e. The topological polar surface area (TPSA) is 114 Å². The van der Waals surface area contributed by atoms with E-state index in [9.17, 15) is 24.8 Å². The minimum Gasteiger partial charge on any atom is -0.481 e. The van der Waals surface area contributed by atoms with Crippen molar-refractivity contribution < 1.29 is 19.6 Å². The van der Waals surface area contributed by atoms with Crippen molar-refractivity contribution in [1.82, 2.24) is 9.88 Å². The van der Waals surface area contributed by atoms with Crippen molar-refractivity contribution in [2.24, 2.45) is 11.8 Å². The summed E-state index contributed by atoms with van der Waals surface area (Å²) < 4.78 is 0. The van der Waals surface area contributed by atoms with Gasteiger partial charge >= 0.3 is 5.97 Å². The van der Waals surface area contributed by atoms with E-state index in [1.807, 2.05) is 6.92 Å². The van der Waals surface area contributed by atoms with Gasteiger partial charge in [-0.15, -0.1) is 11.3 Å². The van der Waals surface area contributed by atoms with Crippen LogP contribution in [0.1, 0.15) is 23.8 Å². The molecule has 1 N–H and O–H groups in total. The van der Waals surface area contributed by atoms with Crippen LogP contribution >= 0.6 is 11.3 Å². The molecule has 3 rings (SSSR count). The van der Waals surface area contributed by atoms with Crippen LogP contribution in [0.3, 0.4) is 0 Å². The average molecular weight is 375 g/mol. The molecule has 2 unspecified atom stereocenters. The highest BCUT2D eigenvalue weighted by atomic mass is 32.1. The van der Waals surface area contributed by atoms with E-state index >= 15 is 0 Å². The first-order valence-corrected chi connectivity index (χ1v) is 8.97. The first-order valence-electron chi connectivity index (χ1n) is 8.09. The molecule has 2 atom stereocenters. The maximum atomic E-state index is 12.7. The summed E-state index contributed by atoms with van der Waals surface area (Å²) in [5, 5.41) is 22.2. The van der Waals surface area contributed by atoms with Gasteiger partial charge in [0.05, 0.1) is 10.8 Å². The summed E-state index contributed by atoms with van der Waals surface area (Å²) in [6, 6.07) is 6.11. The lowest BCUT2D eigenvalue weighted by atomic mass is 9.87. The number of benzene rings is 1. The zero-order chi connectivity index (χ0) is 18.8. The Kier molecular flexibility index (Phi) is 4.99. The number of piperidine rings is 1. The van der Waals surface area contributed by atoms with Gasteiger partial charge in [0.1, 0.15) is 10.7 Å². The van der Waals surface area contributed by atoms with Gasteiger partial charge in [-0.1, -0.05) is 19.1 Å². The fourth-order valence-electron chi connectivity index (χ4n) is 3.12. The molecule has 1 saturated heterocycles. The minimum absolute atomic E-state index is 0.0323. The second-order valence-corrected chi connectivity index (χ2v) is 7.17. The molecule has 1 amide bonds. The number of carbonyl (C=O) groups is 2. The SMILES string of the molecule is CC1CN(C(=O)c2csc(-c3cccc([N+](=O)[O-])c3)n2)CCC1C(=O)O. The van der Waals surface area contributed by atoms with Crippen LogP contribution < -0.4 is 0 Å². The Morgan fingerprint density at radius 1 is 1.42 bits per heavy atom. The molecule has 9 heteroatoms. The van der Waals surface area contributed by atoms with Gasteiger partial charge in [-0.2, -0.15) is 0 Å². The minimum atomic E-state index is -0.828. The smallest absolute Gasteiger partial charge is 0.306 e. The van der Waals surface area contributed by atoms with Gasteiger partial charge in [0.15, 0.2) is 0 Å². The summed E-state index contributed by atoms with van der Waals surface area (Å²) in [4.78, 5) is 40.2. The molecule has 1 aliphatic heterocycles. The summed E-state index contributed by atoms with van der Waals surface area (Å²) in [6.07, 6.45) is 0.421. The monoisotopic (exact) mass is 375 g/mol. The van der Waals surface area contributed by atoms with Crippen LogP contribution in [0.15, 0.2) is 29.6 Å². The van der Waals surface area contributed by atoms with Crippen molar-refractivity contribution in [3.63, 3.8) is 0 Å². The summed E-state index contributed by atoms with van der Waals surface area (Å²) in [6.45, 7) is 2.58. The molecule has 136 valence electrons. The molecule has 0 radical (unpaired) electrons. The number of carboxylic acid groups (broad SMARTS) is 1. The number of hydrogen-bond acceptors (Lipinski definition) is 6. The molecule has 1 aromatic carbocycles. The number of nitro groups is 1. The molecule has 1 aliphatic rings. The second-order valence-electron chi connectivity index (χ2n) is 6.31. The number of likely N-dealkylation sites (tertiary alicyclic amines) is 1. The van der Waals surface area contributed by atoms with E-state index in [1.165, 1.54) is 23.5 Å². The van der Waals surface area contributed by atoms with E-state index in [-0.39, 0.29) is 23.2 Å². The molecule has 0 saturated carbocycles. The number of nitro benzene ring substituents is 1. The van der Waals surface area contributed by atoms with Crippen LogP contribution in [0.5, 0.6) is 0 Å². The van der Waals surface area contributed by atoms with Gasteiger partial charge in [-0.3, -0.25) is 19.7 Å². The second kappa shape index (κ2) is 7.20. The molecule has 0 spiro atoms. The van der Waals surface area contributed by atoms with Crippen molar-refractivity contribution in [2.45, 2.75) is 13.3 Å². The molecule has 0 bridgehead atoms. The van der Waals surface area contributed by atoms with E-state index in [0.29, 0.717) is 30.1 Å². The Balaban J connectivity index is 1.76. The predicted molar refractivity (Wildman–Crippen MR) is 95.0 cm³/mol. The highest BCUT2D eigenvalue weighted by molar-refractivity contribution is 7.13. The van der Waals surface area contributed by atoms with Crippen LogP contribution in [-0.4, -0.2) is 44.9 Å². The average Bonchev–Trinajstić information content (AvgIpc) is 3.11. The summed E-state index contributed by atoms with van der Waals surface area (Å²) >= 11 is 1.25. The van der Waals surface area contributed by atoms with Crippen molar-refractivity contribution in [3.05, 3.63) is 45.5 Å². The number of carbonyl (C=O) groups excluding carboxylic acids is 1. The number of nitrogens with zero attached hydrogens (tertiary/aromatic N) is 3. The Morgan fingerprint density at radius 3 is 2.85 bits per heavy atom. The summed E-state index contributed by atoms with van der Waals surface area (Å²) in [5.74, 6) is -1.63. The number of aliphatic carboxylic acids is 1. The van der Waals surface area contributed by atoms with Crippen LogP contribution in [0.2, 0.25) is 0 Å². The fraction of sp³-hybridized carbons (Fsp3) is 0.353. The molecule has 2 heterocycles. The molecule has 26 heavy (non-hydrogen) atoms. The third-order valence-electron chi connectivity index (χ3n) is 4.54. The molecule has 1 fully saturated rings. The van der Waals surface area contributed by atoms with Crippen LogP contribution in [0, 0.1) is 22.0 Å². The summed E-state index contributed by atoms with van der Waals surface area (Å²) in [5.41, 5.74) is 0.828. The Morgan fingerprint density at radius 2 is 2.19 bits per heavy atom. The number of rotatable bonds is 4. The number of thiazole rings is 1. The van der Waals surface area contributed by atoms with Gasteiger partial charge < -0.3 is 10.0 Å². The maximum Gasteiger partial charge on any atom is 0.306 e. The van der Waals surface area contributed by atoms with Gasteiger partial charge in [0.2, 0.25) is 0 Å². The van der Waals surface area contributed by atoms with Gasteiger partial charge in [-0.05, 0) is 12.3 Å². The normalized spacial score (nSPS) is 20.0. The quantitative estimate of drug-likeness (QED) is 0.649. The highest BCUT2D eigenvalue weighted by Crippen LogP contribution is 2.29. The first-order chi connectivity index (χ1) is 12.4. The van der Waals surface area contributed by atoms with Crippen molar-refractivity contribution in [2.75, 3.05) is 13.1 Å². The van der Waals surface area contributed by atoms with Crippen LogP contribution in [0.25, 0.3) is 10.6 Å². The lowest BCUT2D eigenvalue weighted by Gasteiger charge is -2.34. The van der Waals surface area contributed by atoms with E-state index in [4.69, 9.17) is 0 Å². The van der Waals surface area contributed by atoms with Crippen molar-refractivity contribution in [3.8, 4) is 10.6 Å². The lowest BCUT2D eigenvalue weighted by molar-refractivity contribution is -0.384. The Labute approximate surface area is 153 Å². The molecule has 8 nitrogen and oxygen atoms in total. The van der Waals surface area contributed by atoms with Crippen LogP contribution in [-0.2, 0) is 4.79 Å². The zero-order valence-corrected chi connectivity index (χ0v) is 14.8. The highest BCUT2D eigenvalue weighted by Gasteiger charge is 2.33. The lowest BCUT2D eigenvalue weighted by Crippen LogP contribution is -2.45. The first kappa shape index (κ1) is 18.0. The Bertz CT molecular complexity index is 866. The number of carboxylic acids is 1. The van der Waals surface area contributed by atoms with E-state index in [1.54, 1.807) is 22.4 Å². The zero-order valence-electron chi connectivity index (χ0n) is 14.0. The number of aromatic nitrogens is 1. The molecule has 2 aromatic rings. The predicted octanol–water partition coefficient (Wildman–Crippen LogP) is 2.90. The van der Waals surface area contributed by atoms with Gasteiger partial charge in [-0.25, -0.2) is 4.98 Å². The van der Waals surface area contributed by atoms with E-state index in [2.05, 4.69) is 4.98 Å². The van der Waals surface area contributed by atoms with E-state index < -0.39 is 16.8 Å². The van der Waals surface area contributed by atoms with Crippen molar-refractivity contribution in [1.29, 1.82) is 0 Å². The number of hydrogen-bond donors (Lipinski definition) is 1. The van der Waals surface area contributed by atoms with Crippen molar-refractivity contribution >= 4 is 28.9 Å². The standard InChI is InChI=1S/C17H17N3O5S/c1-10-8-19(6-5-13(10)17(22)23)16(21)14-9-26-15(18-14)11-3-2-4-12(7-11)20(24)25/h2-4,7,9-10,13H,5-6,8H2,1H3,(H,22,23). The third kappa shape index (κ3) is 3.57. The number of non-ortho nitro benzene ring substituents is 1. The van der Waals surface area contributed by atoms with Crippen LogP contribution in [0.4, 0.5) is 5.69 Å². The molecule has 1 aromatic heterocycles. The fourth-order valence-corrected chi connectivity index (χ4v) is 3.91. The Hall–Kier alpha value is -2.81. The van der Waals surface area contributed by atoms with Gasteiger partial charge in [0.25, 0.3) is 11.6 Å². The maximum absolute atomic E-state index is 12.7. The van der Waals surface area contributed by atoms with E-state index in [0.717, 1.165) is 0 Å². The molecular formula is C17H17N3O5S. The molecular weight excluding hydrogens is 358 g/mol. The summed E-state index contributed by atoms with van der Waals surface area (Å²) in [7, 11) is 0. The third-order valence-corrected chi connectivity index (χ3v) is 5.43. The molecule has 0 aliphatic carbocycles. The van der Waals surface area contributed by atoms with Gasteiger partial charge in [0, 0.05) is 36.2 Å².